The Hall–Kier alpha value is -3.80. The fourth-order valence-electron chi connectivity index (χ4n) is 2.55. The Morgan fingerprint density at radius 1 is 0.759 bits per heavy atom. The lowest BCUT2D eigenvalue weighted by molar-refractivity contribution is -0.133. The summed E-state index contributed by atoms with van der Waals surface area (Å²) in [7, 11) is 0. The summed E-state index contributed by atoms with van der Waals surface area (Å²) in [5, 5.41) is 0. The molecule has 6 heteroatoms. The first-order valence-corrected chi connectivity index (χ1v) is 9.20. The number of ether oxygens (including phenoxy) is 2. The summed E-state index contributed by atoms with van der Waals surface area (Å²) in [4.78, 5) is 23.9. The van der Waals surface area contributed by atoms with Crippen molar-refractivity contribution in [3.63, 3.8) is 0 Å². The molecule has 0 spiro atoms. The second kappa shape index (κ2) is 9.94. The maximum absolute atomic E-state index is 12.1. The van der Waals surface area contributed by atoms with E-state index in [1.807, 2.05) is 48.5 Å². The molecule has 3 rings (SSSR count). The molecule has 3 aromatic carbocycles. The van der Waals surface area contributed by atoms with Gasteiger partial charge in [0.15, 0.2) is 12.7 Å². The third-order valence-corrected chi connectivity index (χ3v) is 4.08. The lowest BCUT2D eigenvalue weighted by atomic mass is 10.1. The van der Waals surface area contributed by atoms with E-state index in [1.54, 1.807) is 43.3 Å². The molecule has 1 unspecified atom stereocenters. The summed E-state index contributed by atoms with van der Waals surface area (Å²) in [5.41, 5.74) is 6.80. The Morgan fingerprint density at radius 2 is 1.34 bits per heavy atom. The Bertz CT molecular complexity index is 928. The minimum atomic E-state index is -0.784. The van der Waals surface area contributed by atoms with Crippen LogP contribution in [0.15, 0.2) is 84.9 Å². The van der Waals surface area contributed by atoms with Crippen molar-refractivity contribution in [3.8, 4) is 22.6 Å². The summed E-state index contributed by atoms with van der Waals surface area (Å²) in [6.07, 6.45) is -0.784. The predicted molar refractivity (Wildman–Crippen MR) is 110 cm³/mol. The molecule has 0 heterocycles. The van der Waals surface area contributed by atoms with E-state index in [1.165, 1.54) is 0 Å². The number of carbonyl (C=O) groups excluding carboxylic acids is 2. The van der Waals surface area contributed by atoms with Gasteiger partial charge in [-0.05, 0) is 42.3 Å². The van der Waals surface area contributed by atoms with E-state index in [0.29, 0.717) is 11.5 Å². The van der Waals surface area contributed by atoms with Crippen molar-refractivity contribution < 1.29 is 19.1 Å². The summed E-state index contributed by atoms with van der Waals surface area (Å²) in [6, 6.07) is 26.4. The maximum Gasteiger partial charge on any atom is 0.279 e. The molecule has 0 saturated carbocycles. The van der Waals surface area contributed by atoms with Crippen molar-refractivity contribution in [3.05, 3.63) is 84.9 Å². The van der Waals surface area contributed by atoms with Crippen molar-refractivity contribution in [2.24, 2.45) is 0 Å². The van der Waals surface area contributed by atoms with Gasteiger partial charge in [-0.3, -0.25) is 20.4 Å². The normalized spacial score (nSPS) is 11.2. The number of carbonyl (C=O) groups is 2. The van der Waals surface area contributed by atoms with Crippen LogP contribution in [0.2, 0.25) is 0 Å². The first-order chi connectivity index (χ1) is 14.1. The van der Waals surface area contributed by atoms with Gasteiger partial charge < -0.3 is 9.47 Å². The summed E-state index contributed by atoms with van der Waals surface area (Å²) >= 11 is 0. The molecule has 148 valence electrons. The van der Waals surface area contributed by atoms with Crippen molar-refractivity contribution in [2.75, 3.05) is 6.61 Å². The fourth-order valence-corrected chi connectivity index (χ4v) is 2.55. The van der Waals surface area contributed by atoms with Crippen LogP contribution < -0.4 is 20.3 Å². The minimum Gasteiger partial charge on any atom is -0.484 e. The van der Waals surface area contributed by atoms with E-state index in [-0.39, 0.29) is 6.61 Å². The number of rotatable bonds is 7. The van der Waals surface area contributed by atoms with Crippen LogP contribution in [0.4, 0.5) is 0 Å². The van der Waals surface area contributed by atoms with Gasteiger partial charge in [-0.2, -0.15) is 0 Å². The Morgan fingerprint density at radius 3 is 2.00 bits per heavy atom. The lowest BCUT2D eigenvalue weighted by Crippen LogP contribution is -2.48. The molecule has 1 atom stereocenters. The molecule has 0 fully saturated rings. The number of hydrogen-bond donors (Lipinski definition) is 2. The predicted octanol–water partition coefficient (Wildman–Crippen LogP) is 3.35. The standard InChI is InChI=1S/C23H22N2O4/c1-17(23(27)25-24-22(26)16-28-20-10-6-3-7-11-20)29-21-14-12-19(13-15-21)18-8-4-2-5-9-18/h2-15,17H,16H2,1H3,(H,24,26)(H,25,27). The van der Waals surface area contributed by atoms with Crippen LogP contribution in [-0.4, -0.2) is 24.5 Å². The fraction of sp³-hybridized carbons (Fsp3) is 0.130. The van der Waals surface area contributed by atoms with Gasteiger partial charge in [0.1, 0.15) is 11.5 Å². The van der Waals surface area contributed by atoms with Crippen LogP contribution in [0.25, 0.3) is 11.1 Å². The highest BCUT2D eigenvalue weighted by Crippen LogP contribution is 2.22. The van der Waals surface area contributed by atoms with E-state index in [2.05, 4.69) is 10.9 Å². The number of benzene rings is 3. The van der Waals surface area contributed by atoms with Gasteiger partial charge in [0.05, 0.1) is 0 Å². The molecule has 0 aliphatic carbocycles. The highest BCUT2D eigenvalue weighted by Gasteiger charge is 2.15. The molecule has 0 aliphatic rings. The second-order valence-electron chi connectivity index (χ2n) is 6.29. The van der Waals surface area contributed by atoms with Gasteiger partial charge in [-0.15, -0.1) is 0 Å². The van der Waals surface area contributed by atoms with Crippen LogP contribution >= 0.6 is 0 Å². The van der Waals surface area contributed by atoms with Crippen LogP contribution in [0.3, 0.4) is 0 Å². The molecule has 2 amide bonds. The topological polar surface area (TPSA) is 76.7 Å². The zero-order chi connectivity index (χ0) is 20.5. The first kappa shape index (κ1) is 19.9. The van der Waals surface area contributed by atoms with Gasteiger partial charge in [0.2, 0.25) is 0 Å². The Labute approximate surface area is 169 Å². The van der Waals surface area contributed by atoms with E-state index in [9.17, 15) is 9.59 Å². The second-order valence-corrected chi connectivity index (χ2v) is 6.29. The quantitative estimate of drug-likeness (QED) is 0.607. The van der Waals surface area contributed by atoms with Gasteiger partial charge in [0.25, 0.3) is 11.8 Å². The Kier molecular flexibility index (Phi) is 6.84. The molecule has 3 aromatic rings. The van der Waals surface area contributed by atoms with Crippen LogP contribution in [-0.2, 0) is 9.59 Å². The zero-order valence-electron chi connectivity index (χ0n) is 16.0. The number of hydrazine groups is 1. The molecule has 2 N–H and O–H groups in total. The average molecular weight is 390 g/mol. The van der Waals surface area contributed by atoms with Crippen molar-refractivity contribution >= 4 is 11.8 Å². The highest BCUT2D eigenvalue weighted by molar-refractivity contribution is 5.85. The molecular formula is C23H22N2O4. The lowest BCUT2D eigenvalue weighted by Gasteiger charge is -2.15. The number of para-hydroxylation sites is 1. The molecule has 0 saturated heterocycles. The number of hydrogen-bond acceptors (Lipinski definition) is 4. The highest BCUT2D eigenvalue weighted by atomic mass is 16.5. The average Bonchev–Trinajstić information content (AvgIpc) is 2.77. The van der Waals surface area contributed by atoms with E-state index in [0.717, 1.165) is 11.1 Å². The monoisotopic (exact) mass is 390 g/mol. The smallest absolute Gasteiger partial charge is 0.279 e. The minimum absolute atomic E-state index is 0.208. The molecular weight excluding hydrogens is 368 g/mol. The molecule has 29 heavy (non-hydrogen) atoms. The van der Waals surface area contributed by atoms with Crippen LogP contribution in [0, 0.1) is 0 Å². The van der Waals surface area contributed by atoms with Crippen molar-refractivity contribution in [2.45, 2.75) is 13.0 Å². The number of amides is 2. The van der Waals surface area contributed by atoms with E-state index in [4.69, 9.17) is 9.47 Å². The number of nitrogens with one attached hydrogen (secondary N) is 2. The third kappa shape index (κ3) is 6.10. The largest absolute Gasteiger partial charge is 0.484 e. The van der Waals surface area contributed by atoms with Crippen molar-refractivity contribution in [1.29, 1.82) is 0 Å². The SMILES string of the molecule is CC(Oc1ccc(-c2ccccc2)cc1)C(=O)NNC(=O)COc1ccccc1. The Balaban J connectivity index is 1.43. The van der Waals surface area contributed by atoms with Crippen LogP contribution in [0.5, 0.6) is 11.5 Å². The zero-order valence-corrected chi connectivity index (χ0v) is 16.0. The van der Waals surface area contributed by atoms with Gasteiger partial charge in [-0.25, -0.2) is 0 Å². The first-order valence-electron chi connectivity index (χ1n) is 9.20. The van der Waals surface area contributed by atoms with E-state index < -0.39 is 17.9 Å². The summed E-state index contributed by atoms with van der Waals surface area (Å²) in [6.45, 7) is 1.40. The summed E-state index contributed by atoms with van der Waals surface area (Å²) in [5.74, 6) is 0.197. The van der Waals surface area contributed by atoms with Gasteiger partial charge >= 0.3 is 0 Å². The van der Waals surface area contributed by atoms with Gasteiger partial charge in [0, 0.05) is 0 Å². The van der Waals surface area contributed by atoms with E-state index >= 15 is 0 Å². The van der Waals surface area contributed by atoms with Crippen LogP contribution in [0.1, 0.15) is 6.92 Å². The molecule has 6 nitrogen and oxygen atoms in total. The molecule has 0 aliphatic heterocycles. The molecule has 0 bridgehead atoms. The molecule has 0 aromatic heterocycles. The maximum atomic E-state index is 12.1. The van der Waals surface area contributed by atoms with Crippen molar-refractivity contribution in [1.82, 2.24) is 10.9 Å². The van der Waals surface area contributed by atoms with Gasteiger partial charge in [-0.1, -0.05) is 60.7 Å². The third-order valence-electron chi connectivity index (χ3n) is 4.08. The molecule has 0 radical (unpaired) electrons. The summed E-state index contributed by atoms with van der Waals surface area (Å²) < 4.78 is 10.9.